The molecule has 0 aliphatic rings. The van der Waals surface area contributed by atoms with E-state index in [1.807, 2.05) is 0 Å². The summed E-state index contributed by atoms with van der Waals surface area (Å²) in [6, 6.07) is 0. The van der Waals surface area contributed by atoms with E-state index in [1.54, 1.807) is 0 Å². The monoisotopic (exact) mass is 400 g/mol. The van der Waals surface area contributed by atoms with E-state index >= 15 is 0 Å². The fourth-order valence-corrected chi connectivity index (χ4v) is 0. The van der Waals surface area contributed by atoms with E-state index in [0.717, 1.165) is 0 Å². The second-order valence-corrected chi connectivity index (χ2v) is 0.671. The summed E-state index contributed by atoms with van der Waals surface area (Å²) in [7, 11) is -3.37. The van der Waals surface area contributed by atoms with E-state index in [-0.39, 0.29) is 67.1 Å². The maximum absolute atomic E-state index is 8.48. The van der Waals surface area contributed by atoms with Gasteiger partial charge in [0.25, 0.3) is 0 Å². The van der Waals surface area contributed by atoms with Gasteiger partial charge in [0.1, 0.15) is 0 Å². The summed E-state index contributed by atoms with van der Waals surface area (Å²) in [5.41, 5.74) is 0. The second-order valence-electron chi connectivity index (χ2n) is 0.224. The van der Waals surface area contributed by atoms with E-state index in [9.17, 15) is 0 Å². The zero-order chi connectivity index (χ0) is 3.58. The molecule has 0 aliphatic carbocycles. The Morgan fingerprint density at radius 3 is 0.714 bits per heavy atom. The smallest absolute Gasteiger partial charge is 0.854 e. The molecule has 0 aromatic carbocycles. The zero-order valence-electron chi connectivity index (χ0n) is 2.58. The fraction of sp³-hybridized carbons (Fsp3) is 0. The molecule has 0 aromatic rings. The molecule has 7 heavy (non-hydrogen) atoms. The van der Waals surface area contributed by atoms with Crippen molar-refractivity contribution in [3.63, 3.8) is 0 Å². The van der Waals surface area contributed by atoms with Crippen molar-refractivity contribution in [3.8, 4) is 0 Å². The predicted molar refractivity (Wildman–Crippen MR) is 6.92 cm³/mol. The van der Waals surface area contributed by atoms with E-state index < -0.39 is 8.60 Å². The molecule has 0 saturated carbocycles. The molecule has 0 fully saturated rings. The largest absolute Gasteiger partial charge is 1.00 e. The van der Waals surface area contributed by atoms with Gasteiger partial charge in [-0.2, -0.15) is 0 Å². The maximum Gasteiger partial charge on any atom is 1.00 e. The summed E-state index contributed by atoms with van der Waals surface area (Å²) in [4.78, 5) is 25.4. The van der Waals surface area contributed by atoms with Gasteiger partial charge < -0.3 is 23.3 Å². The van der Waals surface area contributed by atoms with Crippen molar-refractivity contribution in [3.05, 3.63) is 0 Å². The van der Waals surface area contributed by atoms with Crippen molar-refractivity contribution in [1.29, 1.82) is 0 Å². The van der Waals surface area contributed by atoms with Crippen LogP contribution in [0.15, 0.2) is 0 Å². The topological polar surface area (TPSA) is 69.2 Å². The molecule has 0 saturated heterocycles. The fourth-order valence-electron chi connectivity index (χ4n) is 0. The predicted octanol–water partition coefficient (Wildman–Crippen LogP) is -2.71. The molecule has 0 aliphatic heterocycles. The van der Waals surface area contributed by atoms with Crippen molar-refractivity contribution in [2.75, 3.05) is 0 Å². The Bertz CT molecular complexity index is 14.9. The minimum atomic E-state index is -3.37. The van der Waals surface area contributed by atoms with Crippen LogP contribution in [-0.4, -0.2) is 0 Å². The number of hydrogen-bond donors (Lipinski definition) is 0. The first-order valence-electron chi connectivity index (χ1n) is 0.548. The molecule has 0 bridgehead atoms. The van der Waals surface area contributed by atoms with E-state index in [1.165, 1.54) is 0 Å². The molecule has 0 heterocycles. The van der Waals surface area contributed by atoms with Gasteiger partial charge in [0.15, 0.2) is 0 Å². The van der Waals surface area contributed by atoms with Crippen molar-refractivity contribution >= 4 is 8.60 Å². The number of hydrogen-bond acceptors (Lipinski definition) is 3. The molecule has 0 rings (SSSR count). The molecule has 0 N–H and O–H groups in total. The normalized spacial score (nSPS) is 5.14. The third-order valence-corrected chi connectivity index (χ3v) is 0. The average molecular weight is 403 g/mol. The van der Waals surface area contributed by atoms with Gasteiger partial charge in [-0.25, -0.2) is 0 Å². The minimum absolute atomic E-state index is 0. The Morgan fingerprint density at radius 1 is 0.714 bits per heavy atom. The van der Waals surface area contributed by atoms with Crippen LogP contribution in [0.3, 0.4) is 0 Å². The molecule has 0 spiro atoms. The molecule has 56 valence electrons. The summed E-state index contributed by atoms with van der Waals surface area (Å²) in [5.74, 6) is 0. The summed E-state index contributed by atoms with van der Waals surface area (Å²) in [6.45, 7) is 0. The summed E-state index contributed by atoms with van der Waals surface area (Å²) >= 11 is 0. The van der Waals surface area contributed by atoms with Gasteiger partial charge in [-0.05, 0) is 0 Å². The molecule has 0 aromatic heterocycles. The Balaban J connectivity index is -0.0000000150. The van der Waals surface area contributed by atoms with Crippen LogP contribution >= 0.6 is 8.60 Å². The minimum Gasteiger partial charge on any atom is -0.854 e. The molecule has 0 unspecified atom stereocenters. The Morgan fingerprint density at radius 2 is 0.714 bits per heavy atom. The van der Waals surface area contributed by atoms with Crippen LogP contribution in [0.5, 0.6) is 0 Å². The molecule has 0 radical (unpaired) electrons. The van der Waals surface area contributed by atoms with Crippen molar-refractivity contribution in [2.24, 2.45) is 0 Å². The third-order valence-electron chi connectivity index (χ3n) is 0. The molecular weight excluding hydrogens is 403 g/mol. The first kappa shape index (κ1) is 22.7. The summed E-state index contributed by atoms with van der Waals surface area (Å²) in [6.07, 6.45) is 0. The van der Waals surface area contributed by atoms with Crippen LogP contribution in [0, 0.1) is 0 Å². The van der Waals surface area contributed by atoms with Crippen LogP contribution in [0.25, 0.3) is 0 Å². The SMILES string of the molecule is [Ag+].[Ag+].[Ag+].[O-]P([O-])[O-]. The number of rotatable bonds is 0. The van der Waals surface area contributed by atoms with Gasteiger partial charge in [-0.15, -0.1) is 0 Å². The third kappa shape index (κ3) is 56.8. The molecular formula is Ag3O3P. The Hall–Kier alpha value is 2.53. The molecule has 0 atom stereocenters. The summed E-state index contributed by atoms with van der Waals surface area (Å²) in [5, 5.41) is 0. The quantitative estimate of drug-likeness (QED) is 0.327. The van der Waals surface area contributed by atoms with Gasteiger partial charge in [-0.3, -0.25) is 0 Å². The van der Waals surface area contributed by atoms with Gasteiger partial charge in [0, 0.05) is 0 Å². The molecule has 3 nitrogen and oxygen atoms in total. The van der Waals surface area contributed by atoms with Gasteiger partial charge in [0.2, 0.25) is 0 Å². The first-order valence-corrected chi connectivity index (χ1v) is 1.64. The average Bonchev–Trinajstić information content (AvgIpc) is 0.811. The Labute approximate surface area is 89.4 Å². The Kier molecular flexibility index (Phi) is 51.2. The van der Waals surface area contributed by atoms with Gasteiger partial charge in [-0.1, -0.05) is 0 Å². The van der Waals surface area contributed by atoms with Crippen LogP contribution < -0.4 is 14.7 Å². The maximum atomic E-state index is 8.48. The van der Waals surface area contributed by atoms with Crippen LogP contribution in [0.2, 0.25) is 0 Å². The van der Waals surface area contributed by atoms with Crippen LogP contribution in [-0.2, 0) is 67.1 Å². The van der Waals surface area contributed by atoms with Crippen molar-refractivity contribution < 1.29 is 81.8 Å². The van der Waals surface area contributed by atoms with E-state index in [4.69, 9.17) is 14.7 Å². The summed E-state index contributed by atoms with van der Waals surface area (Å²) < 4.78 is 0. The van der Waals surface area contributed by atoms with Gasteiger partial charge >= 0.3 is 67.1 Å². The van der Waals surface area contributed by atoms with Crippen LogP contribution in [0.1, 0.15) is 0 Å². The second kappa shape index (κ2) is 15.8. The van der Waals surface area contributed by atoms with Crippen LogP contribution in [0.4, 0.5) is 0 Å². The molecule has 7 heteroatoms. The van der Waals surface area contributed by atoms with Gasteiger partial charge in [0.05, 0.1) is 0 Å². The van der Waals surface area contributed by atoms with E-state index in [0.29, 0.717) is 0 Å². The van der Waals surface area contributed by atoms with E-state index in [2.05, 4.69) is 0 Å². The van der Waals surface area contributed by atoms with Crippen molar-refractivity contribution in [2.45, 2.75) is 0 Å². The zero-order valence-corrected chi connectivity index (χ0v) is 7.92. The molecule has 0 amide bonds. The first-order chi connectivity index (χ1) is 1.73. The van der Waals surface area contributed by atoms with Crippen molar-refractivity contribution in [1.82, 2.24) is 0 Å². The standard InChI is InChI=1S/3Ag.O3P/c;;;1-4(2)3/q3*+1;-3.